The summed E-state index contributed by atoms with van der Waals surface area (Å²) in [6.07, 6.45) is 9.74. The van der Waals surface area contributed by atoms with Crippen LogP contribution in [0.2, 0.25) is 0 Å². The van der Waals surface area contributed by atoms with Crippen molar-refractivity contribution in [1.29, 1.82) is 0 Å². The lowest BCUT2D eigenvalue weighted by Gasteiger charge is -2.17. The number of rotatable bonds is 5. The van der Waals surface area contributed by atoms with Gasteiger partial charge in [0.15, 0.2) is 0 Å². The fraction of sp³-hybridized carbons (Fsp3) is 0.333. The highest BCUT2D eigenvalue weighted by atomic mass is 16.3. The van der Waals surface area contributed by atoms with Crippen LogP contribution in [0.4, 0.5) is 17.5 Å². The summed E-state index contributed by atoms with van der Waals surface area (Å²) in [4.78, 5) is 20.3. The van der Waals surface area contributed by atoms with Gasteiger partial charge in [-0.2, -0.15) is 4.98 Å². The van der Waals surface area contributed by atoms with Gasteiger partial charge in [-0.05, 0) is 38.0 Å². The predicted octanol–water partition coefficient (Wildman–Crippen LogP) is 3.27. The molecular weight excluding hydrogens is 366 g/mol. The molecule has 0 aliphatic carbocycles. The minimum absolute atomic E-state index is 0.0139. The molecule has 0 bridgehead atoms. The molecule has 4 aromatic rings. The maximum Gasteiger partial charge on any atom is 0.230 e. The van der Waals surface area contributed by atoms with E-state index in [0.717, 1.165) is 40.7 Å². The Morgan fingerprint density at radius 2 is 1.93 bits per heavy atom. The van der Waals surface area contributed by atoms with Gasteiger partial charge in [-0.3, -0.25) is 4.98 Å². The van der Waals surface area contributed by atoms with E-state index >= 15 is 0 Å². The van der Waals surface area contributed by atoms with E-state index in [9.17, 15) is 5.11 Å². The fourth-order valence-electron chi connectivity index (χ4n) is 3.99. The van der Waals surface area contributed by atoms with Gasteiger partial charge in [0.25, 0.3) is 0 Å². The molecule has 0 unspecified atom stereocenters. The minimum atomic E-state index is -0.125. The van der Waals surface area contributed by atoms with E-state index in [0.29, 0.717) is 11.8 Å². The number of pyridine rings is 2. The van der Waals surface area contributed by atoms with Gasteiger partial charge in [0.2, 0.25) is 5.95 Å². The van der Waals surface area contributed by atoms with Crippen LogP contribution in [-0.4, -0.2) is 49.3 Å². The summed E-state index contributed by atoms with van der Waals surface area (Å²) >= 11 is 0. The highest BCUT2D eigenvalue weighted by molar-refractivity contribution is 6.06. The number of aromatic nitrogens is 5. The van der Waals surface area contributed by atoms with Crippen molar-refractivity contribution in [2.45, 2.75) is 25.8 Å². The van der Waals surface area contributed by atoms with Gasteiger partial charge in [-0.25, -0.2) is 9.97 Å². The van der Waals surface area contributed by atoms with Crippen LogP contribution in [0.15, 0.2) is 43.0 Å². The summed E-state index contributed by atoms with van der Waals surface area (Å²) in [6, 6.07) is 5.86. The average molecular weight is 389 g/mol. The van der Waals surface area contributed by atoms with Crippen LogP contribution in [0.1, 0.15) is 25.8 Å². The van der Waals surface area contributed by atoms with E-state index in [1.165, 1.54) is 12.8 Å². The monoisotopic (exact) mass is 389 g/mol. The number of hydrogen-bond acceptors (Lipinski definition) is 7. The van der Waals surface area contributed by atoms with Gasteiger partial charge >= 0.3 is 0 Å². The maximum absolute atomic E-state index is 9.73. The van der Waals surface area contributed by atoms with Gasteiger partial charge in [0.05, 0.1) is 36.2 Å². The van der Waals surface area contributed by atoms with E-state index < -0.39 is 0 Å². The number of nitrogens with zero attached hydrogens (tertiary/aromatic N) is 6. The zero-order valence-electron chi connectivity index (χ0n) is 16.3. The summed E-state index contributed by atoms with van der Waals surface area (Å²) in [6.45, 7) is 4.16. The van der Waals surface area contributed by atoms with Crippen LogP contribution in [0.5, 0.6) is 0 Å². The van der Waals surface area contributed by atoms with Crippen molar-refractivity contribution in [3.05, 3.63) is 43.0 Å². The molecule has 0 spiro atoms. The molecule has 4 aromatic heterocycles. The summed E-state index contributed by atoms with van der Waals surface area (Å²) in [5.41, 5.74) is 2.85. The van der Waals surface area contributed by atoms with Crippen molar-refractivity contribution in [3.63, 3.8) is 0 Å². The quantitative estimate of drug-likeness (QED) is 0.541. The molecule has 0 saturated carbocycles. The maximum atomic E-state index is 9.73. The Morgan fingerprint density at radius 1 is 1.07 bits per heavy atom. The molecule has 5 heterocycles. The molecule has 8 heteroatoms. The first-order valence-corrected chi connectivity index (χ1v) is 9.94. The Morgan fingerprint density at radius 3 is 2.69 bits per heavy atom. The molecule has 1 aliphatic rings. The largest absolute Gasteiger partial charge is 0.394 e. The van der Waals surface area contributed by atoms with Gasteiger partial charge in [-0.1, -0.05) is 0 Å². The molecule has 0 amide bonds. The second kappa shape index (κ2) is 7.29. The lowest BCUT2D eigenvalue weighted by molar-refractivity contribution is 0.243. The number of fused-ring (bicyclic) bond motifs is 3. The average Bonchev–Trinajstić information content (AvgIpc) is 3.40. The standard InChI is InChI=1S/C21H23N7O/c1-14(13-29)28-18-12-22-7-6-16(18)17-11-24-21(26-20(17)28)25-19-5-4-15(10-23-19)27-8-2-3-9-27/h4-7,10-12,14,29H,2-3,8-9,13H2,1H3,(H,23,24,25,26)/t14-/m1/s1. The lowest BCUT2D eigenvalue weighted by atomic mass is 10.2. The van der Waals surface area contributed by atoms with E-state index in [2.05, 4.69) is 31.2 Å². The highest BCUT2D eigenvalue weighted by Gasteiger charge is 2.17. The van der Waals surface area contributed by atoms with E-state index in [-0.39, 0.29) is 12.6 Å². The summed E-state index contributed by atoms with van der Waals surface area (Å²) in [5.74, 6) is 1.17. The second-order valence-corrected chi connectivity index (χ2v) is 7.45. The van der Waals surface area contributed by atoms with E-state index in [1.54, 1.807) is 12.4 Å². The van der Waals surface area contributed by atoms with Crippen molar-refractivity contribution < 1.29 is 5.11 Å². The van der Waals surface area contributed by atoms with Crippen LogP contribution in [-0.2, 0) is 0 Å². The van der Waals surface area contributed by atoms with Gasteiger partial charge in [0.1, 0.15) is 11.5 Å². The van der Waals surface area contributed by atoms with E-state index in [4.69, 9.17) is 4.98 Å². The third kappa shape index (κ3) is 3.15. The Balaban J connectivity index is 1.50. The number of aliphatic hydroxyl groups excluding tert-OH is 1. The molecule has 1 aliphatic heterocycles. The number of anilines is 3. The molecule has 5 rings (SSSR count). The molecule has 1 saturated heterocycles. The number of aliphatic hydroxyl groups is 1. The van der Waals surface area contributed by atoms with Crippen molar-refractivity contribution in [3.8, 4) is 0 Å². The number of nitrogens with one attached hydrogen (secondary N) is 1. The van der Waals surface area contributed by atoms with Crippen molar-refractivity contribution in [2.75, 3.05) is 29.9 Å². The summed E-state index contributed by atoms with van der Waals surface area (Å²) in [5, 5.41) is 14.9. The summed E-state index contributed by atoms with van der Waals surface area (Å²) in [7, 11) is 0. The van der Waals surface area contributed by atoms with Crippen molar-refractivity contribution >= 4 is 39.4 Å². The topological polar surface area (TPSA) is 92.0 Å². The van der Waals surface area contributed by atoms with E-state index in [1.807, 2.05) is 36.0 Å². The molecule has 148 valence electrons. The minimum Gasteiger partial charge on any atom is -0.394 e. The third-order valence-corrected chi connectivity index (χ3v) is 5.51. The first-order chi connectivity index (χ1) is 14.2. The molecule has 1 fully saturated rings. The summed E-state index contributed by atoms with van der Waals surface area (Å²) < 4.78 is 2.01. The van der Waals surface area contributed by atoms with Crippen LogP contribution in [0, 0.1) is 0 Å². The van der Waals surface area contributed by atoms with Crippen LogP contribution in [0.3, 0.4) is 0 Å². The fourth-order valence-corrected chi connectivity index (χ4v) is 3.99. The molecular formula is C21H23N7O. The van der Waals surface area contributed by atoms with Crippen molar-refractivity contribution in [1.82, 2.24) is 24.5 Å². The lowest BCUT2D eigenvalue weighted by Crippen LogP contribution is -2.17. The zero-order chi connectivity index (χ0) is 19.8. The SMILES string of the molecule is C[C@H](CO)n1c2cnccc2c2cnc(Nc3ccc(N4CCCC4)cn3)nc21. The Bertz CT molecular complexity index is 1150. The second-order valence-electron chi connectivity index (χ2n) is 7.45. The number of hydrogen-bond donors (Lipinski definition) is 2. The first-order valence-electron chi connectivity index (χ1n) is 9.94. The first kappa shape index (κ1) is 17.8. The van der Waals surface area contributed by atoms with Crippen LogP contribution >= 0.6 is 0 Å². The van der Waals surface area contributed by atoms with Crippen LogP contribution in [0.25, 0.3) is 21.9 Å². The Labute approximate surface area is 168 Å². The smallest absolute Gasteiger partial charge is 0.230 e. The molecule has 1 atom stereocenters. The molecule has 29 heavy (non-hydrogen) atoms. The molecule has 0 aromatic carbocycles. The van der Waals surface area contributed by atoms with Gasteiger partial charge < -0.3 is 19.9 Å². The van der Waals surface area contributed by atoms with Gasteiger partial charge in [-0.15, -0.1) is 0 Å². The Hall–Kier alpha value is -3.26. The van der Waals surface area contributed by atoms with Crippen LogP contribution < -0.4 is 10.2 Å². The highest BCUT2D eigenvalue weighted by Crippen LogP contribution is 2.30. The zero-order valence-corrected chi connectivity index (χ0v) is 16.3. The van der Waals surface area contributed by atoms with Gasteiger partial charge in [0, 0.05) is 36.3 Å². The third-order valence-electron chi connectivity index (χ3n) is 5.51. The Kier molecular flexibility index (Phi) is 4.48. The normalized spacial score (nSPS) is 15.3. The molecule has 2 N–H and O–H groups in total. The molecule has 0 radical (unpaired) electrons. The predicted molar refractivity (Wildman–Crippen MR) is 114 cm³/mol. The molecule has 8 nitrogen and oxygen atoms in total. The van der Waals surface area contributed by atoms with Crippen molar-refractivity contribution in [2.24, 2.45) is 0 Å².